The molecule has 2 heterocycles. The van der Waals surface area contributed by atoms with E-state index in [-0.39, 0.29) is 6.42 Å². The molecular formula is C15H24N4O7. The summed E-state index contributed by atoms with van der Waals surface area (Å²) in [6.45, 7) is 0.0230. The van der Waals surface area contributed by atoms with E-state index in [1.54, 1.807) is 0 Å². The number of ether oxygens (including phenoxy) is 2. The number of carbonyl (C=O) groups is 1. The number of hydrogen-bond donors (Lipinski definition) is 5. The maximum absolute atomic E-state index is 12.1. The Labute approximate surface area is 148 Å². The molecular weight excluding hydrogens is 348 g/mol. The topological polar surface area (TPSA) is 169 Å². The zero-order chi connectivity index (χ0) is 19.2. The fourth-order valence-electron chi connectivity index (χ4n) is 2.77. The summed E-state index contributed by atoms with van der Waals surface area (Å²) < 4.78 is 11.8. The summed E-state index contributed by atoms with van der Waals surface area (Å²) in [5, 5.41) is 21.9. The van der Waals surface area contributed by atoms with E-state index in [4.69, 9.17) is 15.2 Å². The zero-order valence-electron chi connectivity index (χ0n) is 14.2. The lowest BCUT2D eigenvalue weighted by atomic mass is 10.1. The number of nitrogens with two attached hydrogens (primary N) is 1. The number of aromatic nitrogens is 2. The normalized spacial score (nSPS) is 25.2. The molecule has 0 aromatic carbocycles. The van der Waals surface area contributed by atoms with Crippen molar-refractivity contribution >= 4 is 6.09 Å². The van der Waals surface area contributed by atoms with Gasteiger partial charge in [-0.3, -0.25) is 14.3 Å². The number of rotatable bonds is 8. The van der Waals surface area contributed by atoms with E-state index in [0.717, 1.165) is 17.1 Å². The number of aromatic amines is 1. The highest BCUT2D eigenvalue weighted by Gasteiger charge is 2.49. The van der Waals surface area contributed by atoms with Crippen molar-refractivity contribution in [1.29, 1.82) is 0 Å². The molecule has 146 valence electrons. The molecule has 0 spiro atoms. The standard InChI is InChI=1S/C15H24N4O7/c16-4-1-2-5-17-14(24)25-9-15(7-10(21)11(8-20)26-15)19-6-3-12(22)18-13(19)23/h3,6,10-11,20-21H,1-2,4-5,7-9,16H2,(H,17,24)(H,18,22,23)/t10-,11+,15-/m0/s1. The second kappa shape index (κ2) is 8.94. The highest BCUT2D eigenvalue weighted by Crippen LogP contribution is 2.34. The fraction of sp³-hybridized carbons (Fsp3) is 0.667. The van der Waals surface area contributed by atoms with Gasteiger partial charge in [0.25, 0.3) is 5.56 Å². The lowest BCUT2D eigenvalue weighted by Gasteiger charge is -2.30. The number of amides is 1. The summed E-state index contributed by atoms with van der Waals surface area (Å²) in [5.74, 6) is 0. The molecule has 1 amide bonds. The molecule has 1 aliphatic rings. The Morgan fingerprint density at radius 2 is 2.27 bits per heavy atom. The molecule has 0 unspecified atom stereocenters. The van der Waals surface area contributed by atoms with Crippen LogP contribution in [-0.2, 0) is 15.2 Å². The van der Waals surface area contributed by atoms with Gasteiger partial charge in [0.1, 0.15) is 12.7 Å². The minimum Gasteiger partial charge on any atom is -0.444 e. The number of unbranched alkanes of at least 4 members (excludes halogenated alkanes) is 1. The van der Waals surface area contributed by atoms with Gasteiger partial charge in [-0.15, -0.1) is 0 Å². The lowest BCUT2D eigenvalue weighted by molar-refractivity contribution is -0.143. The Morgan fingerprint density at radius 1 is 1.50 bits per heavy atom. The highest BCUT2D eigenvalue weighted by molar-refractivity contribution is 5.67. The van der Waals surface area contributed by atoms with Gasteiger partial charge in [0, 0.05) is 25.2 Å². The van der Waals surface area contributed by atoms with Gasteiger partial charge in [0.2, 0.25) is 0 Å². The quantitative estimate of drug-likeness (QED) is 0.320. The van der Waals surface area contributed by atoms with E-state index in [9.17, 15) is 24.6 Å². The summed E-state index contributed by atoms with van der Waals surface area (Å²) in [7, 11) is 0. The van der Waals surface area contributed by atoms with Gasteiger partial charge in [-0.1, -0.05) is 0 Å². The molecule has 1 aliphatic heterocycles. The first-order valence-electron chi connectivity index (χ1n) is 8.32. The van der Waals surface area contributed by atoms with Crippen LogP contribution >= 0.6 is 0 Å². The van der Waals surface area contributed by atoms with Gasteiger partial charge in [0.15, 0.2) is 5.72 Å². The third kappa shape index (κ3) is 4.69. The average molecular weight is 372 g/mol. The number of nitrogens with zero attached hydrogens (tertiary/aromatic N) is 1. The summed E-state index contributed by atoms with van der Waals surface area (Å²) in [6, 6.07) is 1.11. The van der Waals surface area contributed by atoms with Crippen molar-refractivity contribution in [2.75, 3.05) is 26.3 Å². The van der Waals surface area contributed by atoms with Crippen molar-refractivity contribution in [2.45, 2.75) is 37.2 Å². The van der Waals surface area contributed by atoms with E-state index in [0.29, 0.717) is 19.5 Å². The number of aliphatic hydroxyl groups excluding tert-OH is 2. The van der Waals surface area contributed by atoms with Crippen molar-refractivity contribution in [3.8, 4) is 0 Å². The number of nitrogens with one attached hydrogen (secondary N) is 2. The number of hydrogen-bond acceptors (Lipinski definition) is 8. The van der Waals surface area contributed by atoms with Crippen LogP contribution in [-0.4, -0.2) is 64.4 Å². The number of aliphatic hydroxyl groups is 2. The van der Waals surface area contributed by atoms with Gasteiger partial charge in [-0.2, -0.15) is 0 Å². The Hall–Kier alpha value is -2.21. The first-order valence-corrected chi connectivity index (χ1v) is 8.32. The summed E-state index contributed by atoms with van der Waals surface area (Å²) in [4.78, 5) is 37.3. The third-order valence-corrected chi connectivity index (χ3v) is 4.10. The van der Waals surface area contributed by atoms with E-state index in [1.807, 2.05) is 0 Å². The highest BCUT2D eigenvalue weighted by atomic mass is 16.6. The summed E-state index contributed by atoms with van der Waals surface area (Å²) >= 11 is 0. The van der Waals surface area contributed by atoms with Crippen LogP contribution in [0.15, 0.2) is 21.9 Å². The maximum atomic E-state index is 12.1. The van der Waals surface area contributed by atoms with Gasteiger partial charge in [0.05, 0.1) is 12.7 Å². The van der Waals surface area contributed by atoms with E-state index >= 15 is 0 Å². The molecule has 0 bridgehead atoms. The molecule has 11 heteroatoms. The van der Waals surface area contributed by atoms with Gasteiger partial charge in [-0.25, -0.2) is 9.59 Å². The first-order chi connectivity index (χ1) is 12.4. The minimum atomic E-state index is -1.54. The molecule has 2 rings (SSSR count). The van der Waals surface area contributed by atoms with Gasteiger partial charge >= 0.3 is 11.8 Å². The molecule has 1 saturated heterocycles. The van der Waals surface area contributed by atoms with E-state index in [2.05, 4.69) is 10.3 Å². The van der Waals surface area contributed by atoms with Crippen LogP contribution in [0.1, 0.15) is 19.3 Å². The van der Waals surface area contributed by atoms with Gasteiger partial charge < -0.3 is 30.7 Å². The summed E-state index contributed by atoms with van der Waals surface area (Å²) in [5.41, 5.74) is 2.45. The number of alkyl carbamates (subject to hydrolysis) is 1. The van der Waals surface area contributed by atoms with Crippen LogP contribution < -0.4 is 22.3 Å². The Morgan fingerprint density at radius 3 is 2.88 bits per heavy atom. The number of carbonyl (C=O) groups excluding carboxylic acids is 1. The second-order valence-corrected chi connectivity index (χ2v) is 6.04. The number of H-pyrrole nitrogens is 1. The van der Waals surface area contributed by atoms with Crippen molar-refractivity contribution in [1.82, 2.24) is 14.9 Å². The largest absolute Gasteiger partial charge is 0.444 e. The van der Waals surface area contributed by atoms with Crippen LogP contribution in [0.5, 0.6) is 0 Å². The van der Waals surface area contributed by atoms with Crippen LogP contribution in [0.3, 0.4) is 0 Å². The van der Waals surface area contributed by atoms with Crippen molar-refractivity contribution < 1.29 is 24.5 Å². The Bertz CT molecular complexity index is 718. The smallest absolute Gasteiger partial charge is 0.407 e. The molecule has 26 heavy (non-hydrogen) atoms. The van der Waals surface area contributed by atoms with Crippen molar-refractivity contribution in [2.24, 2.45) is 5.73 Å². The zero-order valence-corrected chi connectivity index (χ0v) is 14.2. The molecule has 0 radical (unpaired) electrons. The van der Waals surface area contributed by atoms with Crippen molar-refractivity contribution in [3.05, 3.63) is 33.1 Å². The molecule has 1 fully saturated rings. The predicted molar refractivity (Wildman–Crippen MR) is 89.5 cm³/mol. The molecule has 1 aromatic heterocycles. The van der Waals surface area contributed by atoms with E-state index < -0.39 is 48.5 Å². The van der Waals surface area contributed by atoms with Crippen LogP contribution in [0.2, 0.25) is 0 Å². The van der Waals surface area contributed by atoms with Crippen molar-refractivity contribution in [3.63, 3.8) is 0 Å². The molecule has 6 N–H and O–H groups in total. The SMILES string of the molecule is NCCCCNC(=O)OC[C@]1(n2ccc(=O)[nH]c2=O)C[C@H](O)[C@@H](CO)O1. The van der Waals surface area contributed by atoms with E-state index in [1.165, 1.54) is 6.20 Å². The Balaban J connectivity index is 2.14. The maximum Gasteiger partial charge on any atom is 0.407 e. The minimum absolute atomic E-state index is 0.107. The predicted octanol–water partition coefficient (Wildman–Crippen LogP) is -2.20. The summed E-state index contributed by atoms with van der Waals surface area (Å²) in [6.07, 6.45) is -0.215. The second-order valence-electron chi connectivity index (χ2n) is 6.04. The molecule has 3 atom stereocenters. The monoisotopic (exact) mass is 372 g/mol. The lowest BCUT2D eigenvalue weighted by Crippen LogP contribution is -2.48. The van der Waals surface area contributed by atoms with Crippen LogP contribution in [0.25, 0.3) is 0 Å². The van der Waals surface area contributed by atoms with Crippen LogP contribution in [0, 0.1) is 0 Å². The molecule has 0 saturated carbocycles. The average Bonchev–Trinajstić information content (AvgIpc) is 2.93. The first kappa shape index (κ1) is 20.1. The Kier molecular flexibility index (Phi) is 6.91. The fourth-order valence-corrected chi connectivity index (χ4v) is 2.77. The van der Waals surface area contributed by atoms with Crippen LogP contribution in [0.4, 0.5) is 4.79 Å². The molecule has 1 aromatic rings. The molecule has 0 aliphatic carbocycles. The van der Waals surface area contributed by atoms with Gasteiger partial charge in [-0.05, 0) is 19.4 Å². The molecule has 11 nitrogen and oxygen atoms in total. The third-order valence-electron chi connectivity index (χ3n) is 4.10.